The van der Waals surface area contributed by atoms with Crippen LogP contribution < -0.4 is 4.90 Å². The molecule has 5 heteroatoms. The van der Waals surface area contributed by atoms with Crippen molar-refractivity contribution in [1.29, 1.82) is 0 Å². The van der Waals surface area contributed by atoms with Gasteiger partial charge in [-0.25, -0.2) is 8.78 Å². The normalized spacial score (nSPS) is 24.4. The molecule has 2 N–H and O–H groups in total. The number of benzene rings is 1. The number of anilines is 1. The molecule has 1 heterocycles. The van der Waals surface area contributed by atoms with Crippen LogP contribution in [0.4, 0.5) is 14.5 Å². The molecule has 100 valence electrons. The molecule has 1 aromatic carbocycles. The lowest BCUT2D eigenvalue weighted by molar-refractivity contribution is 0.102. The molecule has 2 rings (SSSR count). The highest BCUT2D eigenvalue weighted by atomic mass is 19.1. The molecule has 18 heavy (non-hydrogen) atoms. The molecular weight excluding hydrogens is 240 g/mol. The third-order valence-corrected chi connectivity index (χ3v) is 3.49. The molecule has 2 unspecified atom stereocenters. The molecule has 0 aromatic heterocycles. The third kappa shape index (κ3) is 2.47. The summed E-state index contributed by atoms with van der Waals surface area (Å²) in [5, 5.41) is 18.6. The Bertz CT molecular complexity index is 416. The van der Waals surface area contributed by atoms with Gasteiger partial charge in [0.25, 0.3) is 0 Å². The van der Waals surface area contributed by atoms with Gasteiger partial charge in [-0.3, -0.25) is 0 Å². The Labute approximate surface area is 105 Å². The van der Waals surface area contributed by atoms with E-state index >= 15 is 0 Å². The van der Waals surface area contributed by atoms with E-state index in [1.165, 1.54) is 4.90 Å². The molecule has 1 fully saturated rings. The lowest BCUT2D eigenvalue weighted by Gasteiger charge is -2.36. The summed E-state index contributed by atoms with van der Waals surface area (Å²) in [5.41, 5.74) is 0.0952. The summed E-state index contributed by atoms with van der Waals surface area (Å²) in [7, 11) is 0. The minimum atomic E-state index is -0.694. The SMILES string of the molecule is CC1CCN(c2c(F)cc(CO)cc2F)CC1O. The van der Waals surface area contributed by atoms with Crippen molar-refractivity contribution in [2.75, 3.05) is 18.0 Å². The van der Waals surface area contributed by atoms with E-state index in [0.717, 1.165) is 12.1 Å². The molecule has 0 bridgehead atoms. The third-order valence-electron chi connectivity index (χ3n) is 3.49. The molecule has 1 aliphatic rings. The smallest absolute Gasteiger partial charge is 0.149 e. The Morgan fingerprint density at radius 2 is 1.94 bits per heavy atom. The highest BCUT2D eigenvalue weighted by Gasteiger charge is 2.27. The van der Waals surface area contributed by atoms with E-state index < -0.39 is 24.3 Å². The van der Waals surface area contributed by atoms with Gasteiger partial charge in [0.15, 0.2) is 0 Å². The fraction of sp³-hybridized carbons (Fsp3) is 0.538. The van der Waals surface area contributed by atoms with Crippen molar-refractivity contribution in [3.05, 3.63) is 29.3 Å². The van der Waals surface area contributed by atoms with Crippen LogP contribution in [-0.4, -0.2) is 29.4 Å². The first-order chi connectivity index (χ1) is 8.52. The summed E-state index contributed by atoms with van der Waals surface area (Å²) >= 11 is 0. The highest BCUT2D eigenvalue weighted by Crippen LogP contribution is 2.29. The molecule has 0 radical (unpaired) electrons. The van der Waals surface area contributed by atoms with E-state index in [1.807, 2.05) is 6.92 Å². The maximum absolute atomic E-state index is 13.8. The molecular formula is C13H17F2NO2. The number of aliphatic hydroxyl groups excluding tert-OH is 2. The van der Waals surface area contributed by atoms with Crippen LogP contribution in [0.5, 0.6) is 0 Å². The van der Waals surface area contributed by atoms with Crippen molar-refractivity contribution in [2.45, 2.75) is 26.1 Å². The zero-order valence-electron chi connectivity index (χ0n) is 10.2. The van der Waals surface area contributed by atoms with Gasteiger partial charge in [-0.15, -0.1) is 0 Å². The Morgan fingerprint density at radius 1 is 1.33 bits per heavy atom. The van der Waals surface area contributed by atoms with E-state index in [0.29, 0.717) is 13.0 Å². The maximum Gasteiger partial charge on any atom is 0.149 e. The van der Waals surface area contributed by atoms with Crippen LogP contribution >= 0.6 is 0 Å². The van der Waals surface area contributed by atoms with E-state index in [4.69, 9.17) is 5.11 Å². The van der Waals surface area contributed by atoms with Crippen LogP contribution in [0.25, 0.3) is 0 Å². The highest BCUT2D eigenvalue weighted by molar-refractivity contribution is 5.51. The van der Waals surface area contributed by atoms with Crippen molar-refractivity contribution < 1.29 is 19.0 Å². The molecule has 3 nitrogen and oxygen atoms in total. The fourth-order valence-electron chi connectivity index (χ4n) is 2.26. The maximum atomic E-state index is 13.8. The summed E-state index contributed by atoms with van der Waals surface area (Å²) in [5.74, 6) is -1.24. The van der Waals surface area contributed by atoms with Crippen LogP contribution in [0.1, 0.15) is 18.9 Å². The minimum absolute atomic E-state index is 0.113. The van der Waals surface area contributed by atoms with Gasteiger partial charge in [0.1, 0.15) is 17.3 Å². The number of nitrogens with zero attached hydrogens (tertiary/aromatic N) is 1. The van der Waals surface area contributed by atoms with Gasteiger partial charge in [-0.1, -0.05) is 6.92 Å². The molecule has 1 saturated heterocycles. The Morgan fingerprint density at radius 3 is 2.44 bits per heavy atom. The lowest BCUT2D eigenvalue weighted by Crippen LogP contribution is -2.43. The summed E-state index contributed by atoms with van der Waals surface area (Å²) in [6.45, 7) is 2.27. The van der Waals surface area contributed by atoms with Gasteiger partial charge in [0.2, 0.25) is 0 Å². The molecule has 2 atom stereocenters. The number of aliphatic hydroxyl groups is 2. The summed E-state index contributed by atoms with van der Waals surface area (Å²) in [6.07, 6.45) is 0.122. The monoisotopic (exact) mass is 257 g/mol. The second kappa shape index (κ2) is 5.20. The average molecular weight is 257 g/mol. The first-order valence-electron chi connectivity index (χ1n) is 6.04. The van der Waals surface area contributed by atoms with Gasteiger partial charge in [0, 0.05) is 13.1 Å². The Kier molecular flexibility index (Phi) is 3.82. The molecule has 0 amide bonds. The number of hydrogen-bond acceptors (Lipinski definition) is 3. The average Bonchev–Trinajstić information content (AvgIpc) is 2.32. The molecule has 1 aliphatic heterocycles. The zero-order valence-corrected chi connectivity index (χ0v) is 10.2. The van der Waals surface area contributed by atoms with Gasteiger partial charge < -0.3 is 15.1 Å². The summed E-state index contributed by atoms with van der Waals surface area (Å²) in [4.78, 5) is 1.52. The number of rotatable bonds is 2. The predicted octanol–water partition coefficient (Wildman–Crippen LogP) is 1.66. The van der Waals surface area contributed by atoms with Gasteiger partial charge in [-0.2, -0.15) is 0 Å². The van der Waals surface area contributed by atoms with E-state index in [9.17, 15) is 13.9 Å². The topological polar surface area (TPSA) is 43.7 Å². The predicted molar refractivity (Wildman–Crippen MR) is 64.3 cm³/mol. The van der Waals surface area contributed by atoms with Crippen LogP contribution in [0.3, 0.4) is 0 Å². The van der Waals surface area contributed by atoms with Crippen LogP contribution in [0, 0.1) is 17.6 Å². The van der Waals surface area contributed by atoms with Crippen molar-refractivity contribution in [1.82, 2.24) is 0 Å². The molecule has 0 aliphatic carbocycles. The second-order valence-electron chi connectivity index (χ2n) is 4.85. The molecule has 1 aromatic rings. The minimum Gasteiger partial charge on any atom is -0.392 e. The number of hydrogen-bond donors (Lipinski definition) is 2. The Hall–Kier alpha value is -1.20. The van der Waals surface area contributed by atoms with Crippen LogP contribution in [0.2, 0.25) is 0 Å². The fourth-order valence-corrected chi connectivity index (χ4v) is 2.26. The van der Waals surface area contributed by atoms with Crippen molar-refractivity contribution in [3.63, 3.8) is 0 Å². The summed E-state index contributed by atoms with van der Waals surface area (Å²) < 4.78 is 27.7. The molecule has 0 saturated carbocycles. The Balaban J connectivity index is 2.28. The first-order valence-corrected chi connectivity index (χ1v) is 6.04. The number of piperidine rings is 1. The molecule has 0 spiro atoms. The first kappa shape index (κ1) is 13.2. The van der Waals surface area contributed by atoms with Crippen molar-refractivity contribution in [2.24, 2.45) is 5.92 Å². The number of halogens is 2. The summed E-state index contributed by atoms with van der Waals surface area (Å²) in [6, 6.07) is 2.26. The van der Waals surface area contributed by atoms with Crippen molar-refractivity contribution >= 4 is 5.69 Å². The lowest BCUT2D eigenvalue weighted by atomic mass is 9.95. The van der Waals surface area contributed by atoms with Crippen LogP contribution in [-0.2, 0) is 6.61 Å². The van der Waals surface area contributed by atoms with Gasteiger partial charge in [0.05, 0.1) is 12.7 Å². The largest absolute Gasteiger partial charge is 0.392 e. The number of β-amino-alcohol motifs (C(OH)–C–C–N with tert-alkyl or cyclic N) is 1. The van der Waals surface area contributed by atoms with E-state index in [-0.39, 0.29) is 23.7 Å². The van der Waals surface area contributed by atoms with Crippen molar-refractivity contribution in [3.8, 4) is 0 Å². The quantitative estimate of drug-likeness (QED) is 0.847. The van der Waals surface area contributed by atoms with E-state index in [2.05, 4.69) is 0 Å². The van der Waals surface area contributed by atoms with Gasteiger partial charge >= 0.3 is 0 Å². The van der Waals surface area contributed by atoms with Gasteiger partial charge in [-0.05, 0) is 30.0 Å². The van der Waals surface area contributed by atoms with E-state index in [1.54, 1.807) is 0 Å². The standard InChI is InChI=1S/C13H17F2NO2/c1-8-2-3-16(6-12(8)18)13-10(14)4-9(7-17)5-11(13)15/h4-5,8,12,17-18H,2-3,6-7H2,1H3. The second-order valence-corrected chi connectivity index (χ2v) is 4.85. The zero-order chi connectivity index (χ0) is 13.3. The van der Waals surface area contributed by atoms with Crippen LogP contribution in [0.15, 0.2) is 12.1 Å².